The summed E-state index contributed by atoms with van der Waals surface area (Å²) >= 11 is 0. The quantitative estimate of drug-likeness (QED) is 0.847. The Bertz CT molecular complexity index is 669. The highest BCUT2D eigenvalue weighted by molar-refractivity contribution is 5.90. The van der Waals surface area contributed by atoms with Crippen LogP contribution >= 0.6 is 0 Å². The van der Waals surface area contributed by atoms with E-state index in [1.165, 1.54) is 12.1 Å². The molecule has 0 unspecified atom stereocenters. The molecule has 0 spiro atoms. The summed E-state index contributed by atoms with van der Waals surface area (Å²) in [6.07, 6.45) is 2.33. The maximum absolute atomic E-state index is 13.7. The summed E-state index contributed by atoms with van der Waals surface area (Å²) in [7, 11) is 0. The van der Waals surface area contributed by atoms with Crippen LogP contribution in [-0.2, 0) is 11.2 Å². The monoisotopic (exact) mass is 286 g/mol. The van der Waals surface area contributed by atoms with E-state index in [1.54, 1.807) is 24.5 Å². The van der Waals surface area contributed by atoms with Crippen molar-refractivity contribution in [3.8, 4) is 11.8 Å². The Balaban J connectivity index is 1.93. The van der Waals surface area contributed by atoms with Crippen molar-refractivity contribution in [2.24, 2.45) is 5.73 Å². The topological polar surface area (TPSA) is 68.3 Å². The summed E-state index contributed by atoms with van der Waals surface area (Å²) < 4.78 is 18.9. The maximum atomic E-state index is 13.7. The Morgan fingerprint density at radius 1 is 1.38 bits per heavy atom. The second-order valence-corrected chi connectivity index (χ2v) is 4.33. The molecular weight excluding hydrogens is 271 g/mol. The Morgan fingerprint density at radius 2 is 2.24 bits per heavy atom. The van der Waals surface area contributed by atoms with Gasteiger partial charge in [0.2, 0.25) is 5.91 Å². The zero-order chi connectivity index (χ0) is 15.1. The molecule has 1 amide bonds. The van der Waals surface area contributed by atoms with E-state index in [0.29, 0.717) is 12.1 Å². The van der Waals surface area contributed by atoms with Crippen LogP contribution in [0, 0.1) is 17.7 Å². The van der Waals surface area contributed by atoms with Gasteiger partial charge in [-0.25, -0.2) is 4.39 Å². The van der Waals surface area contributed by atoms with Crippen LogP contribution in [-0.4, -0.2) is 12.5 Å². The first-order valence-corrected chi connectivity index (χ1v) is 6.50. The Labute approximate surface area is 122 Å². The molecule has 0 fully saturated rings. The lowest BCUT2D eigenvalue weighted by molar-refractivity contribution is -0.116. The third kappa shape index (κ3) is 4.48. The number of furan rings is 1. The van der Waals surface area contributed by atoms with Gasteiger partial charge in [-0.1, -0.05) is 11.8 Å². The van der Waals surface area contributed by atoms with Gasteiger partial charge in [-0.3, -0.25) is 4.79 Å². The van der Waals surface area contributed by atoms with Gasteiger partial charge < -0.3 is 15.5 Å². The van der Waals surface area contributed by atoms with Crippen LogP contribution in [0.15, 0.2) is 41.0 Å². The molecule has 0 saturated carbocycles. The van der Waals surface area contributed by atoms with E-state index in [0.717, 1.165) is 5.76 Å². The van der Waals surface area contributed by atoms with E-state index in [1.807, 2.05) is 0 Å². The largest absolute Gasteiger partial charge is 0.469 e. The molecule has 1 aromatic heterocycles. The van der Waals surface area contributed by atoms with E-state index >= 15 is 0 Å². The predicted molar refractivity (Wildman–Crippen MR) is 78.0 cm³/mol. The van der Waals surface area contributed by atoms with Gasteiger partial charge in [0.1, 0.15) is 11.6 Å². The van der Waals surface area contributed by atoms with Gasteiger partial charge in [-0.2, -0.15) is 0 Å². The van der Waals surface area contributed by atoms with Crippen LogP contribution < -0.4 is 11.1 Å². The van der Waals surface area contributed by atoms with Gasteiger partial charge in [-0.15, -0.1) is 0 Å². The molecule has 0 aliphatic heterocycles. The summed E-state index contributed by atoms with van der Waals surface area (Å²) in [5.41, 5.74) is 5.89. The second kappa shape index (κ2) is 7.27. The van der Waals surface area contributed by atoms with E-state index in [-0.39, 0.29) is 24.4 Å². The van der Waals surface area contributed by atoms with Gasteiger partial charge >= 0.3 is 0 Å². The maximum Gasteiger partial charge on any atom is 0.224 e. The number of nitrogens with one attached hydrogen (secondary N) is 1. The summed E-state index contributed by atoms with van der Waals surface area (Å²) in [4.78, 5) is 11.8. The lowest BCUT2D eigenvalue weighted by atomic mass is 10.2. The number of amides is 1. The number of benzene rings is 1. The van der Waals surface area contributed by atoms with Gasteiger partial charge in [0.05, 0.1) is 18.4 Å². The van der Waals surface area contributed by atoms with Crippen LogP contribution in [0.5, 0.6) is 0 Å². The molecule has 5 heteroatoms. The number of carbonyl (C=O) groups excluding carboxylic acids is 1. The van der Waals surface area contributed by atoms with E-state index in [4.69, 9.17) is 10.2 Å². The number of anilines is 1. The van der Waals surface area contributed by atoms with Crippen LogP contribution in [0.3, 0.4) is 0 Å². The standard InChI is InChI=1S/C16H15FN2O2/c17-15-11-13(6-5-12(15)3-1-9-18)19-16(20)8-7-14-4-2-10-21-14/h2,4-6,10-11H,7-9,18H2,(H,19,20). The highest BCUT2D eigenvalue weighted by Crippen LogP contribution is 2.14. The average molecular weight is 286 g/mol. The molecule has 0 aliphatic rings. The number of carbonyl (C=O) groups is 1. The van der Waals surface area contributed by atoms with Gasteiger partial charge in [-0.05, 0) is 30.3 Å². The van der Waals surface area contributed by atoms with E-state index in [2.05, 4.69) is 17.2 Å². The molecule has 0 saturated heterocycles. The fourth-order valence-corrected chi connectivity index (χ4v) is 1.76. The average Bonchev–Trinajstić information content (AvgIpc) is 2.98. The van der Waals surface area contributed by atoms with Gasteiger partial charge in [0.15, 0.2) is 0 Å². The molecular formula is C16H15FN2O2. The number of hydrogen-bond acceptors (Lipinski definition) is 3. The predicted octanol–water partition coefficient (Wildman–Crippen LogP) is 2.30. The zero-order valence-electron chi connectivity index (χ0n) is 11.4. The zero-order valence-corrected chi connectivity index (χ0v) is 11.4. The molecule has 108 valence electrons. The first-order chi connectivity index (χ1) is 10.2. The molecule has 1 aromatic carbocycles. The molecule has 3 N–H and O–H groups in total. The third-order valence-electron chi connectivity index (χ3n) is 2.76. The molecule has 21 heavy (non-hydrogen) atoms. The molecule has 2 aromatic rings. The van der Waals surface area contributed by atoms with Crippen molar-refractivity contribution in [1.82, 2.24) is 0 Å². The number of halogens is 1. The number of hydrogen-bond donors (Lipinski definition) is 2. The molecule has 0 atom stereocenters. The lowest BCUT2D eigenvalue weighted by Crippen LogP contribution is -2.12. The van der Waals surface area contributed by atoms with Crippen LogP contribution in [0.25, 0.3) is 0 Å². The summed E-state index contributed by atoms with van der Waals surface area (Å²) in [5.74, 6) is 5.25. The van der Waals surface area contributed by atoms with Crippen molar-refractivity contribution in [3.63, 3.8) is 0 Å². The number of rotatable bonds is 4. The molecule has 0 radical (unpaired) electrons. The fourth-order valence-electron chi connectivity index (χ4n) is 1.76. The van der Waals surface area contributed by atoms with Crippen molar-refractivity contribution in [3.05, 3.63) is 53.7 Å². The van der Waals surface area contributed by atoms with Crippen molar-refractivity contribution in [2.45, 2.75) is 12.8 Å². The van der Waals surface area contributed by atoms with Gasteiger partial charge in [0.25, 0.3) is 0 Å². The van der Waals surface area contributed by atoms with Crippen molar-refractivity contribution < 1.29 is 13.6 Å². The van der Waals surface area contributed by atoms with Crippen LogP contribution in [0.4, 0.5) is 10.1 Å². The van der Waals surface area contributed by atoms with E-state index < -0.39 is 5.82 Å². The molecule has 0 bridgehead atoms. The summed E-state index contributed by atoms with van der Waals surface area (Å²) in [6, 6.07) is 7.93. The highest BCUT2D eigenvalue weighted by Gasteiger charge is 2.07. The fraction of sp³-hybridized carbons (Fsp3) is 0.188. The SMILES string of the molecule is NCC#Cc1ccc(NC(=O)CCc2ccco2)cc1F. The minimum absolute atomic E-state index is 0.171. The molecule has 4 nitrogen and oxygen atoms in total. The molecule has 0 aliphatic carbocycles. The summed E-state index contributed by atoms with van der Waals surface area (Å²) in [6.45, 7) is 0.171. The minimum Gasteiger partial charge on any atom is -0.469 e. The second-order valence-electron chi connectivity index (χ2n) is 4.33. The third-order valence-corrected chi connectivity index (χ3v) is 2.76. The smallest absolute Gasteiger partial charge is 0.224 e. The van der Waals surface area contributed by atoms with Crippen LogP contribution in [0.2, 0.25) is 0 Å². The van der Waals surface area contributed by atoms with E-state index in [9.17, 15) is 9.18 Å². The van der Waals surface area contributed by atoms with Gasteiger partial charge in [0, 0.05) is 18.5 Å². The minimum atomic E-state index is -0.486. The number of aryl methyl sites for hydroxylation is 1. The first-order valence-electron chi connectivity index (χ1n) is 6.50. The summed E-state index contributed by atoms with van der Waals surface area (Å²) in [5, 5.41) is 2.64. The Kier molecular flexibility index (Phi) is 5.13. The Morgan fingerprint density at radius 3 is 2.90 bits per heavy atom. The van der Waals surface area contributed by atoms with Crippen molar-refractivity contribution in [1.29, 1.82) is 0 Å². The molecule has 2 rings (SSSR count). The Hall–Kier alpha value is -2.58. The van der Waals surface area contributed by atoms with Crippen molar-refractivity contribution >= 4 is 11.6 Å². The number of nitrogens with two attached hydrogens (primary N) is 1. The molecule has 1 heterocycles. The lowest BCUT2D eigenvalue weighted by Gasteiger charge is -2.05. The highest BCUT2D eigenvalue weighted by atomic mass is 19.1. The normalized spacial score (nSPS) is 9.81. The van der Waals surface area contributed by atoms with Crippen molar-refractivity contribution in [2.75, 3.05) is 11.9 Å². The first kappa shape index (κ1) is 14.8. The van der Waals surface area contributed by atoms with Crippen LogP contribution in [0.1, 0.15) is 17.7 Å².